The number of piperazine rings is 1. The van der Waals surface area contributed by atoms with Gasteiger partial charge in [-0.3, -0.25) is 4.79 Å². The lowest BCUT2D eigenvalue weighted by molar-refractivity contribution is 0.0742. The predicted octanol–water partition coefficient (Wildman–Crippen LogP) is 2.53. The molecule has 6 heteroatoms. The van der Waals surface area contributed by atoms with Crippen LogP contribution in [0.3, 0.4) is 0 Å². The lowest BCUT2D eigenvalue weighted by Crippen LogP contribution is -2.49. The Morgan fingerprint density at radius 2 is 1.75 bits per heavy atom. The summed E-state index contributed by atoms with van der Waals surface area (Å²) in [7, 11) is 1.67. The third-order valence-corrected chi connectivity index (χ3v) is 5.87. The number of carbonyl (C=O) groups is 1. The summed E-state index contributed by atoms with van der Waals surface area (Å²) in [4.78, 5) is 17.7. The molecule has 2 aromatic rings. The molecule has 3 aliphatic rings. The van der Waals surface area contributed by atoms with Gasteiger partial charge in [-0.25, -0.2) is 0 Å². The normalized spacial score (nSPS) is 17.6. The molecule has 3 aliphatic heterocycles. The van der Waals surface area contributed by atoms with Crippen molar-refractivity contribution in [3.63, 3.8) is 0 Å². The summed E-state index contributed by atoms with van der Waals surface area (Å²) in [6, 6.07) is 10.1. The maximum Gasteiger partial charge on any atom is 0.258 e. The number of anilines is 1. The van der Waals surface area contributed by atoms with Crippen LogP contribution in [0.1, 0.15) is 21.5 Å². The largest absolute Gasteiger partial charge is 0.497 e. The summed E-state index contributed by atoms with van der Waals surface area (Å²) < 4.78 is 16.8. The summed E-state index contributed by atoms with van der Waals surface area (Å²) in [5, 5.41) is 0. The minimum absolute atomic E-state index is 0.0786. The molecule has 0 N–H and O–H groups in total. The van der Waals surface area contributed by atoms with E-state index in [-0.39, 0.29) is 5.91 Å². The standard InChI is InChI=1S/C22H24N2O4/c1-26-17-4-2-16(3-5-17)23-8-10-24(11-9-23)22(25)20-18-7-13-27-19(18)14-15-6-12-28-21(15)20/h2-5,14H,6-13H2,1H3. The van der Waals surface area contributed by atoms with E-state index in [0.717, 1.165) is 65.6 Å². The molecule has 0 aromatic heterocycles. The van der Waals surface area contributed by atoms with Gasteiger partial charge < -0.3 is 24.0 Å². The SMILES string of the molecule is COc1ccc(N2CCN(C(=O)c3c4c(cc5c3OCC5)OCC4)CC2)cc1. The maximum atomic E-state index is 13.4. The van der Waals surface area contributed by atoms with Crippen LogP contribution >= 0.6 is 0 Å². The van der Waals surface area contributed by atoms with Gasteiger partial charge in [0.2, 0.25) is 0 Å². The van der Waals surface area contributed by atoms with Crippen molar-refractivity contribution < 1.29 is 19.0 Å². The molecule has 28 heavy (non-hydrogen) atoms. The van der Waals surface area contributed by atoms with Crippen LogP contribution < -0.4 is 19.1 Å². The Kier molecular flexibility index (Phi) is 4.26. The van der Waals surface area contributed by atoms with E-state index < -0.39 is 0 Å². The number of hydrogen-bond donors (Lipinski definition) is 0. The molecule has 0 spiro atoms. The summed E-state index contributed by atoms with van der Waals surface area (Å²) in [5.74, 6) is 2.58. The number of ether oxygens (including phenoxy) is 3. The number of carbonyl (C=O) groups excluding carboxylic acids is 1. The van der Waals surface area contributed by atoms with Gasteiger partial charge in [0, 0.05) is 55.8 Å². The van der Waals surface area contributed by atoms with E-state index in [2.05, 4.69) is 23.1 Å². The number of hydrogen-bond acceptors (Lipinski definition) is 5. The van der Waals surface area contributed by atoms with Gasteiger partial charge in [0.1, 0.15) is 17.2 Å². The first-order valence-electron chi connectivity index (χ1n) is 9.87. The van der Waals surface area contributed by atoms with E-state index in [4.69, 9.17) is 14.2 Å². The smallest absolute Gasteiger partial charge is 0.258 e. The summed E-state index contributed by atoms with van der Waals surface area (Å²) >= 11 is 0. The number of methoxy groups -OCH3 is 1. The second kappa shape index (κ2) is 6.93. The Morgan fingerprint density at radius 3 is 2.50 bits per heavy atom. The van der Waals surface area contributed by atoms with E-state index in [1.54, 1.807) is 7.11 Å². The molecule has 146 valence electrons. The number of rotatable bonds is 3. The van der Waals surface area contributed by atoms with Gasteiger partial charge in [0.25, 0.3) is 5.91 Å². The average Bonchev–Trinajstić information content (AvgIpc) is 3.40. The number of benzene rings is 2. The van der Waals surface area contributed by atoms with Crippen molar-refractivity contribution in [3.05, 3.63) is 47.0 Å². The highest BCUT2D eigenvalue weighted by atomic mass is 16.5. The van der Waals surface area contributed by atoms with Crippen molar-refractivity contribution in [1.29, 1.82) is 0 Å². The number of nitrogens with zero attached hydrogens (tertiary/aromatic N) is 2. The first kappa shape index (κ1) is 17.2. The fourth-order valence-electron chi connectivity index (χ4n) is 4.33. The molecule has 6 nitrogen and oxygen atoms in total. The van der Waals surface area contributed by atoms with Gasteiger partial charge in [0.15, 0.2) is 0 Å². The molecule has 0 aliphatic carbocycles. The van der Waals surface area contributed by atoms with E-state index in [9.17, 15) is 4.79 Å². The van der Waals surface area contributed by atoms with E-state index >= 15 is 0 Å². The molecule has 0 bridgehead atoms. The average molecular weight is 380 g/mol. The topological polar surface area (TPSA) is 51.2 Å². The zero-order valence-electron chi connectivity index (χ0n) is 16.1. The summed E-state index contributed by atoms with van der Waals surface area (Å²) in [6.07, 6.45) is 1.62. The van der Waals surface area contributed by atoms with Crippen molar-refractivity contribution in [2.45, 2.75) is 12.8 Å². The van der Waals surface area contributed by atoms with Crippen LogP contribution in [0, 0.1) is 0 Å². The van der Waals surface area contributed by atoms with Gasteiger partial charge in [-0.05, 0) is 30.3 Å². The van der Waals surface area contributed by atoms with Crippen LogP contribution in [0.25, 0.3) is 0 Å². The number of amides is 1. The minimum atomic E-state index is 0.0786. The summed E-state index contributed by atoms with van der Waals surface area (Å²) in [5.41, 5.74) is 4.01. The van der Waals surface area contributed by atoms with Gasteiger partial charge in [-0.2, -0.15) is 0 Å². The van der Waals surface area contributed by atoms with Crippen molar-refractivity contribution in [3.8, 4) is 17.2 Å². The quantitative estimate of drug-likeness (QED) is 0.819. The Balaban J connectivity index is 1.34. The zero-order valence-corrected chi connectivity index (χ0v) is 16.1. The molecule has 2 aromatic carbocycles. The van der Waals surface area contributed by atoms with Crippen LogP contribution in [-0.2, 0) is 12.8 Å². The lowest BCUT2D eigenvalue weighted by atomic mass is 9.98. The molecule has 0 atom stereocenters. The Labute approximate surface area is 164 Å². The van der Waals surface area contributed by atoms with Crippen LogP contribution in [-0.4, -0.2) is 57.3 Å². The Bertz CT molecular complexity index is 869. The summed E-state index contributed by atoms with van der Waals surface area (Å²) in [6.45, 7) is 4.31. The minimum Gasteiger partial charge on any atom is -0.497 e. The van der Waals surface area contributed by atoms with E-state index in [1.165, 1.54) is 0 Å². The first-order valence-corrected chi connectivity index (χ1v) is 9.87. The fourth-order valence-corrected chi connectivity index (χ4v) is 4.33. The molecule has 1 saturated heterocycles. The van der Waals surface area contributed by atoms with Gasteiger partial charge in [-0.1, -0.05) is 0 Å². The van der Waals surface area contributed by atoms with Crippen LogP contribution in [0.15, 0.2) is 30.3 Å². The third-order valence-electron chi connectivity index (χ3n) is 5.87. The second-order valence-electron chi connectivity index (χ2n) is 7.39. The molecule has 5 rings (SSSR count). The Hall–Kier alpha value is -2.89. The molecular weight excluding hydrogens is 356 g/mol. The van der Waals surface area contributed by atoms with Crippen LogP contribution in [0.2, 0.25) is 0 Å². The van der Waals surface area contributed by atoms with Crippen molar-refractivity contribution in [2.24, 2.45) is 0 Å². The maximum absolute atomic E-state index is 13.4. The predicted molar refractivity (Wildman–Crippen MR) is 106 cm³/mol. The molecule has 1 amide bonds. The van der Waals surface area contributed by atoms with Crippen molar-refractivity contribution in [1.82, 2.24) is 4.90 Å². The highest BCUT2D eigenvalue weighted by Gasteiger charge is 2.33. The zero-order chi connectivity index (χ0) is 19.1. The van der Waals surface area contributed by atoms with E-state index in [0.29, 0.717) is 26.3 Å². The van der Waals surface area contributed by atoms with Crippen molar-refractivity contribution in [2.75, 3.05) is 51.4 Å². The molecule has 3 heterocycles. The molecular formula is C22H24N2O4. The lowest BCUT2D eigenvalue weighted by Gasteiger charge is -2.36. The highest BCUT2D eigenvalue weighted by Crippen LogP contribution is 2.41. The third kappa shape index (κ3) is 2.84. The molecule has 0 saturated carbocycles. The second-order valence-corrected chi connectivity index (χ2v) is 7.39. The fraction of sp³-hybridized carbons (Fsp3) is 0.409. The molecule has 1 fully saturated rings. The Morgan fingerprint density at radius 1 is 1.00 bits per heavy atom. The van der Waals surface area contributed by atoms with Gasteiger partial charge in [-0.15, -0.1) is 0 Å². The van der Waals surface area contributed by atoms with Crippen LogP contribution in [0.5, 0.6) is 17.2 Å². The van der Waals surface area contributed by atoms with Crippen molar-refractivity contribution >= 4 is 11.6 Å². The highest BCUT2D eigenvalue weighted by molar-refractivity contribution is 6.00. The van der Waals surface area contributed by atoms with Gasteiger partial charge >= 0.3 is 0 Å². The molecule has 0 radical (unpaired) electrons. The van der Waals surface area contributed by atoms with Gasteiger partial charge in [0.05, 0.1) is 25.9 Å². The van der Waals surface area contributed by atoms with Crippen LogP contribution in [0.4, 0.5) is 5.69 Å². The molecule has 0 unspecified atom stereocenters. The van der Waals surface area contributed by atoms with E-state index in [1.807, 2.05) is 17.0 Å². The first-order chi connectivity index (χ1) is 13.7. The monoisotopic (exact) mass is 380 g/mol. The number of fused-ring (bicyclic) bond motifs is 2.